The Morgan fingerprint density at radius 3 is 2.42 bits per heavy atom. The molecule has 0 atom stereocenters. The van der Waals surface area contributed by atoms with Gasteiger partial charge in [-0.3, -0.25) is 25.2 Å². The van der Waals surface area contributed by atoms with E-state index in [1.165, 1.54) is 14.2 Å². The molecule has 0 unspecified atom stereocenters. The molecule has 7 nitrogen and oxygen atoms in total. The van der Waals surface area contributed by atoms with Crippen molar-refractivity contribution in [3.8, 4) is 5.75 Å². The van der Waals surface area contributed by atoms with Gasteiger partial charge in [0.1, 0.15) is 12.2 Å². The van der Waals surface area contributed by atoms with Crippen molar-refractivity contribution in [2.24, 2.45) is 0 Å². The summed E-state index contributed by atoms with van der Waals surface area (Å²) in [6.07, 6.45) is -0.470. The standard InChI is InChI=1S/C12H14N2O5/c1-18-9-6-4-3-5-8(9)12(17)14-13-10(15)7-11(16)19-2/h3-6H,7H2,1-2H3,(H,13,15)(H,14,17). The van der Waals surface area contributed by atoms with Crippen LogP contribution in [0, 0.1) is 0 Å². The fourth-order valence-electron chi connectivity index (χ4n) is 1.27. The summed E-state index contributed by atoms with van der Waals surface area (Å²) in [6, 6.07) is 6.53. The van der Waals surface area contributed by atoms with Crippen LogP contribution in [-0.2, 0) is 14.3 Å². The quantitative estimate of drug-likeness (QED) is 0.455. The minimum absolute atomic E-state index is 0.267. The molecular weight excluding hydrogens is 252 g/mol. The second kappa shape index (κ2) is 7.00. The molecule has 2 amide bonds. The molecule has 102 valence electrons. The number of esters is 1. The third-order valence-electron chi connectivity index (χ3n) is 2.20. The van der Waals surface area contributed by atoms with Gasteiger partial charge in [-0.05, 0) is 12.1 Å². The van der Waals surface area contributed by atoms with Gasteiger partial charge < -0.3 is 9.47 Å². The maximum absolute atomic E-state index is 11.8. The van der Waals surface area contributed by atoms with Crippen molar-refractivity contribution in [2.45, 2.75) is 6.42 Å². The lowest BCUT2D eigenvalue weighted by atomic mass is 10.2. The molecule has 0 aliphatic carbocycles. The van der Waals surface area contributed by atoms with Gasteiger partial charge in [0.05, 0.1) is 19.8 Å². The first-order valence-corrected chi connectivity index (χ1v) is 5.37. The highest BCUT2D eigenvalue weighted by molar-refractivity contribution is 5.99. The Bertz CT molecular complexity index is 487. The molecule has 0 fully saturated rings. The summed E-state index contributed by atoms with van der Waals surface area (Å²) in [5.41, 5.74) is 4.55. The van der Waals surface area contributed by atoms with Crippen molar-refractivity contribution >= 4 is 17.8 Å². The Balaban J connectivity index is 2.56. The van der Waals surface area contributed by atoms with E-state index in [0.717, 1.165) is 0 Å². The van der Waals surface area contributed by atoms with Crippen molar-refractivity contribution in [3.05, 3.63) is 29.8 Å². The lowest BCUT2D eigenvalue weighted by Crippen LogP contribution is -2.42. The van der Waals surface area contributed by atoms with Gasteiger partial charge in [-0.2, -0.15) is 0 Å². The molecule has 0 aliphatic rings. The van der Waals surface area contributed by atoms with Crippen molar-refractivity contribution in [1.82, 2.24) is 10.9 Å². The second-order valence-electron chi connectivity index (χ2n) is 3.46. The van der Waals surface area contributed by atoms with Crippen molar-refractivity contribution in [3.63, 3.8) is 0 Å². The van der Waals surface area contributed by atoms with Gasteiger partial charge in [0.25, 0.3) is 5.91 Å². The molecule has 0 aliphatic heterocycles. The summed E-state index contributed by atoms with van der Waals surface area (Å²) < 4.78 is 9.32. The van der Waals surface area contributed by atoms with Crippen LogP contribution in [-0.4, -0.2) is 32.0 Å². The molecule has 7 heteroatoms. The number of ether oxygens (including phenoxy) is 2. The summed E-state index contributed by atoms with van der Waals surface area (Å²) in [6.45, 7) is 0. The van der Waals surface area contributed by atoms with Crippen molar-refractivity contribution in [1.29, 1.82) is 0 Å². The van der Waals surface area contributed by atoms with E-state index in [1.807, 2.05) is 0 Å². The van der Waals surface area contributed by atoms with Gasteiger partial charge in [0.2, 0.25) is 5.91 Å². The average molecular weight is 266 g/mol. The first-order valence-electron chi connectivity index (χ1n) is 5.37. The third-order valence-corrected chi connectivity index (χ3v) is 2.20. The molecule has 0 aromatic heterocycles. The molecule has 0 saturated heterocycles. The van der Waals surface area contributed by atoms with Gasteiger partial charge >= 0.3 is 5.97 Å². The predicted molar refractivity (Wildman–Crippen MR) is 65.2 cm³/mol. The highest BCUT2D eigenvalue weighted by Crippen LogP contribution is 2.16. The first kappa shape index (κ1) is 14.5. The van der Waals surface area contributed by atoms with Crippen LogP contribution in [0.1, 0.15) is 16.8 Å². The third kappa shape index (κ3) is 4.30. The van der Waals surface area contributed by atoms with E-state index in [1.54, 1.807) is 24.3 Å². The summed E-state index contributed by atoms with van der Waals surface area (Å²) in [5.74, 6) is -1.53. The number of nitrogens with one attached hydrogen (secondary N) is 2. The van der Waals surface area contributed by atoms with Crippen molar-refractivity contribution < 1.29 is 23.9 Å². The van der Waals surface area contributed by atoms with Gasteiger partial charge in [0.15, 0.2) is 0 Å². The van der Waals surface area contributed by atoms with Crippen LogP contribution in [0.2, 0.25) is 0 Å². The summed E-state index contributed by atoms with van der Waals surface area (Å²) >= 11 is 0. The number of carbonyl (C=O) groups excluding carboxylic acids is 3. The Hall–Kier alpha value is -2.57. The number of carbonyl (C=O) groups is 3. The smallest absolute Gasteiger partial charge is 0.315 e. The van der Waals surface area contributed by atoms with Crippen LogP contribution in [0.25, 0.3) is 0 Å². The zero-order valence-corrected chi connectivity index (χ0v) is 10.6. The Morgan fingerprint density at radius 1 is 1.11 bits per heavy atom. The molecule has 1 aromatic rings. The van der Waals surface area contributed by atoms with Crippen LogP contribution in [0.5, 0.6) is 5.75 Å². The highest BCUT2D eigenvalue weighted by Gasteiger charge is 2.13. The Labute approximate surface area is 109 Å². The zero-order chi connectivity index (χ0) is 14.3. The highest BCUT2D eigenvalue weighted by atomic mass is 16.5. The van der Waals surface area contributed by atoms with Gasteiger partial charge in [0, 0.05) is 0 Å². The molecule has 0 saturated carbocycles. The molecule has 1 rings (SSSR count). The number of methoxy groups -OCH3 is 2. The molecule has 1 aromatic carbocycles. The van der Waals surface area contributed by atoms with Gasteiger partial charge in [-0.15, -0.1) is 0 Å². The first-order chi connectivity index (χ1) is 9.08. The van der Waals surface area contributed by atoms with Gasteiger partial charge in [-0.1, -0.05) is 12.1 Å². The Morgan fingerprint density at radius 2 is 1.79 bits per heavy atom. The SMILES string of the molecule is COC(=O)CC(=O)NNC(=O)c1ccccc1OC. The number of hydrazine groups is 1. The number of benzene rings is 1. The maximum Gasteiger partial charge on any atom is 0.315 e. The summed E-state index contributed by atoms with van der Waals surface area (Å²) in [4.78, 5) is 33.8. The molecular formula is C12H14N2O5. The van der Waals surface area contributed by atoms with Crippen LogP contribution in [0.3, 0.4) is 0 Å². The fourth-order valence-corrected chi connectivity index (χ4v) is 1.27. The fraction of sp³-hybridized carbons (Fsp3) is 0.250. The number of para-hydroxylation sites is 1. The van der Waals surface area contributed by atoms with E-state index in [9.17, 15) is 14.4 Å². The number of amides is 2. The topological polar surface area (TPSA) is 93.7 Å². The molecule has 19 heavy (non-hydrogen) atoms. The second-order valence-corrected chi connectivity index (χ2v) is 3.46. The molecule has 0 bridgehead atoms. The van der Waals surface area contributed by atoms with E-state index in [0.29, 0.717) is 5.75 Å². The molecule has 0 heterocycles. The van der Waals surface area contributed by atoms with Crippen molar-refractivity contribution in [2.75, 3.05) is 14.2 Å². The zero-order valence-electron chi connectivity index (χ0n) is 10.6. The molecule has 0 spiro atoms. The van der Waals surface area contributed by atoms with Crippen LogP contribution in [0.15, 0.2) is 24.3 Å². The van der Waals surface area contributed by atoms with E-state index in [-0.39, 0.29) is 5.56 Å². The number of rotatable bonds is 4. The molecule has 0 radical (unpaired) electrons. The Kier molecular flexibility index (Phi) is 5.34. The number of hydrogen-bond donors (Lipinski definition) is 2. The van der Waals surface area contributed by atoms with Gasteiger partial charge in [-0.25, -0.2) is 0 Å². The summed E-state index contributed by atoms with van der Waals surface area (Å²) in [5, 5.41) is 0. The van der Waals surface area contributed by atoms with Crippen LogP contribution >= 0.6 is 0 Å². The van der Waals surface area contributed by atoms with E-state index in [4.69, 9.17) is 4.74 Å². The maximum atomic E-state index is 11.8. The monoisotopic (exact) mass is 266 g/mol. The van der Waals surface area contributed by atoms with E-state index < -0.39 is 24.2 Å². The predicted octanol–water partition coefficient (Wildman–Crippen LogP) is 0.0193. The average Bonchev–Trinajstić information content (AvgIpc) is 2.44. The lowest BCUT2D eigenvalue weighted by Gasteiger charge is -2.09. The number of hydrogen-bond acceptors (Lipinski definition) is 5. The largest absolute Gasteiger partial charge is 0.496 e. The minimum atomic E-state index is -0.691. The van der Waals surface area contributed by atoms with E-state index >= 15 is 0 Å². The van der Waals surface area contributed by atoms with Crippen LogP contribution < -0.4 is 15.6 Å². The minimum Gasteiger partial charge on any atom is -0.496 e. The molecule has 2 N–H and O–H groups in total. The lowest BCUT2D eigenvalue weighted by molar-refractivity contribution is -0.144. The normalized spacial score (nSPS) is 9.37. The summed E-state index contributed by atoms with van der Waals surface area (Å²) in [7, 11) is 2.60. The van der Waals surface area contributed by atoms with Crippen LogP contribution in [0.4, 0.5) is 0 Å². The van der Waals surface area contributed by atoms with E-state index in [2.05, 4.69) is 15.6 Å².